The SMILES string of the molecule is C=CCOC(=O)CN(C)C(=O)[C@@H](NC(=O)[C@H](CC(C)C)N(C)C(=O)[C@H](CC(C)C)NC(=O)[C@@H](Cc1ccccc1)N(C)C(=O)C(C)NC)[C@@H](C)OCc1ccccc1. The molecule has 2 aromatic carbocycles. The lowest BCUT2D eigenvalue weighted by atomic mass is 9.97. The smallest absolute Gasteiger partial charge is 0.325 e. The summed E-state index contributed by atoms with van der Waals surface area (Å²) in [7, 11) is 6.17. The summed E-state index contributed by atoms with van der Waals surface area (Å²) in [6.45, 7) is 14.3. The average Bonchev–Trinajstić information content (AvgIpc) is 3.20. The molecule has 1 unspecified atom stereocenters. The van der Waals surface area contributed by atoms with Crippen LogP contribution in [0, 0.1) is 11.8 Å². The van der Waals surface area contributed by atoms with Gasteiger partial charge in [0.2, 0.25) is 29.5 Å². The third-order valence-corrected chi connectivity index (χ3v) is 9.82. The highest BCUT2D eigenvalue weighted by molar-refractivity contribution is 5.96. The van der Waals surface area contributed by atoms with Crippen LogP contribution in [0.15, 0.2) is 73.3 Å². The van der Waals surface area contributed by atoms with Gasteiger partial charge in [-0.3, -0.25) is 28.8 Å². The molecule has 0 spiro atoms. The van der Waals surface area contributed by atoms with Crippen molar-refractivity contribution in [2.45, 2.75) is 104 Å². The van der Waals surface area contributed by atoms with Gasteiger partial charge in [-0.1, -0.05) is 101 Å². The first kappa shape index (κ1) is 49.1. The summed E-state index contributed by atoms with van der Waals surface area (Å²) in [5.74, 6) is -3.25. The number of carbonyl (C=O) groups is 6. The van der Waals surface area contributed by atoms with Gasteiger partial charge in [0.25, 0.3) is 0 Å². The molecule has 0 radical (unpaired) electrons. The van der Waals surface area contributed by atoms with Crippen molar-refractivity contribution in [1.29, 1.82) is 0 Å². The predicted octanol–water partition coefficient (Wildman–Crippen LogP) is 3.35. The minimum absolute atomic E-state index is 0.0226. The Morgan fingerprint density at radius 2 is 1.24 bits per heavy atom. The second-order valence-electron chi connectivity index (χ2n) is 15.6. The van der Waals surface area contributed by atoms with Crippen LogP contribution in [0.1, 0.15) is 65.5 Å². The van der Waals surface area contributed by atoms with E-state index < -0.39 is 65.9 Å². The highest BCUT2D eigenvalue weighted by Crippen LogP contribution is 2.18. The average molecular weight is 807 g/mol. The summed E-state index contributed by atoms with van der Waals surface area (Å²) in [6.07, 6.45) is 1.26. The molecule has 0 aliphatic heterocycles. The topological polar surface area (TPSA) is 167 Å². The fourth-order valence-corrected chi connectivity index (χ4v) is 6.31. The molecule has 320 valence electrons. The van der Waals surface area contributed by atoms with Crippen molar-refractivity contribution < 1.29 is 38.2 Å². The van der Waals surface area contributed by atoms with Crippen molar-refractivity contribution in [3.63, 3.8) is 0 Å². The first-order chi connectivity index (χ1) is 27.4. The number of benzene rings is 2. The van der Waals surface area contributed by atoms with Gasteiger partial charge in [-0.05, 0) is 56.7 Å². The molecule has 3 N–H and O–H groups in total. The van der Waals surface area contributed by atoms with Crippen molar-refractivity contribution in [1.82, 2.24) is 30.7 Å². The number of rotatable bonds is 24. The molecule has 0 aliphatic rings. The van der Waals surface area contributed by atoms with Crippen molar-refractivity contribution in [3.8, 4) is 0 Å². The van der Waals surface area contributed by atoms with Crippen LogP contribution in [0.4, 0.5) is 0 Å². The number of hydrogen-bond acceptors (Lipinski definition) is 9. The molecule has 0 saturated heterocycles. The molecule has 0 heterocycles. The maximum atomic E-state index is 14.5. The lowest BCUT2D eigenvalue weighted by Crippen LogP contribution is -2.61. The van der Waals surface area contributed by atoms with Gasteiger partial charge in [0.15, 0.2) is 0 Å². The van der Waals surface area contributed by atoms with Crippen LogP contribution < -0.4 is 16.0 Å². The molecule has 14 heteroatoms. The van der Waals surface area contributed by atoms with Crippen molar-refractivity contribution in [2.24, 2.45) is 11.8 Å². The fourth-order valence-electron chi connectivity index (χ4n) is 6.31. The van der Waals surface area contributed by atoms with Crippen molar-refractivity contribution in [2.75, 3.05) is 41.3 Å². The van der Waals surface area contributed by atoms with Gasteiger partial charge in [0.05, 0.1) is 18.8 Å². The van der Waals surface area contributed by atoms with Gasteiger partial charge in [-0.25, -0.2) is 0 Å². The Hall–Kier alpha value is -5.08. The molecule has 58 heavy (non-hydrogen) atoms. The van der Waals surface area contributed by atoms with Crippen LogP contribution in [0.5, 0.6) is 0 Å². The summed E-state index contributed by atoms with van der Waals surface area (Å²) in [6, 6.07) is 13.8. The number of likely N-dealkylation sites (N-methyl/N-ethyl adjacent to an activating group) is 4. The largest absolute Gasteiger partial charge is 0.460 e. The number of ether oxygens (including phenoxy) is 2. The molecule has 0 bridgehead atoms. The van der Waals surface area contributed by atoms with Crippen LogP contribution in [0.3, 0.4) is 0 Å². The number of carbonyl (C=O) groups excluding carboxylic acids is 6. The third kappa shape index (κ3) is 15.7. The van der Waals surface area contributed by atoms with E-state index in [9.17, 15) is 28.8 Å². The van der Waals surface area contributed by atoms with Crippen LogP contribution in [-0.2, 0) is 51.3 Å². The molecule has 2 aromatic rings. The maximum Gasteiger partial charge on any atom is 0.325 e. The molecule has 0 aliphatic carbocycles. The van der Waals surface area contributed by atoms with E-state index in [1.807, 2.05) is 88.4 Å². The zero-order valence-corrected chi connectivity index (χ0v) is 36.0. The standard InChI is InChI=1S/C44H66N6O8/c1-12-23-57-38(51)27-48(9)44(56)39(32(7)58-28-34-21-17-14-18-22-34)47-41(53)36(25-30(4)5)50(11)43(55)35(24-29(2)3)46-40(52)37(26-33-19-15-13-16-20-33)49(10)42(54)31(6)45-8/h12-22,29-32,35-37,39,45H,1,23-28H2,2-11H3,(H,46,52)(H,47,53)/t31?,32-,35+,36+,37-,39+/m1/s1. The molecule has 6 atom stereocenters. The zero-order chi connectivity index (χ0) is 43.5. The van der Waals surface area contributed by atoms with Crippen LogP contribution in [0.25, 0.3) is 0 Å². The molecule has 2 rings (SSSR count). The fraction of sp³-hybridized carbons (Fsp3) is 0.545. The highest BCUT2D eigenvalue weighted by atomic mass is 16.5. The Balaban J connectivity index is 2.45. The van der Waals surface area contributed by atoms with Gasteiger partial charge in [-0.2, -0.15) is 0 Å². The molecular weight excluding hydrogens is 741 g/mol. The van der Waals surface area contributed by atoms with Crippen LogP contribution >= 0.6 is 0 Å². The van der Waals surface area contributed by atoms with E-state index in [-0.39, 0.29) is 56.8 Å². The number of nitrogens with one attached hydrogen (secondary N) is 3. The zero-order valence-electron chi connectivity index (χ0n) is 36.0. The Bertz CT molecular complexity index is 1640. The van der Waals surface area contributed by atoms with E-state index in [1.54, 1.807) is 27.9 Å². The quantitative estimate of drug-likeness (QED) is 0.107. The minimum atomic E-state index is -1.25. The number of amides is 5. The van der Waals surface area contributed by atoms with E-state index >= 15 is 0 Å². The number of esters is 1. The molecule has 14 nitrogen and oxygen atoms in total. The highest BCUT2D eigenvalue weighted by Gasteiger charge is 2.39. The van der Waals surface area contributed by atoms with Gasteiger partial charge < -0.3 is 40.1 Å². The second kappa shape index (κ2) is 24.6. The maximum absolute atomic E-state index is 14.5. The normalized spacial score (nSPS) is 14.3. The summed E-state index contributed by atoms with van der Waals surface area (Å²) >= 11 is 0. The van der Waals surface area contributed by atoms with Gasteiger partial charge >= 0.3 is 5.97 Å². The Morgan fingerprint density at radius 1 is 0.707 bits per heavy atom. The molecule has 5 amide bonds. The van der Waals surface area contributed by atoms with Gasteiger partial charge in [-0.15, -0.1) is 0 Å². The first-order valence-electron chi connectivity index (χ1n) is 19.9. The first-order valence-corrected chi connectivity index (χ1v) is 19.9. The lowest BCUT2D eigenvalue weighted by Gasteiger charge is -2.35. The van der Waals surface area contributed by atoms with E-state index in [2.05, 4.69) is 22.5 Å². The lowest BCUT2D eigenvalue weighted by molar-refractivity contribution is -0.151. The minimum Gasteiger partial charge on any atom is -0.460 e. The van der Waals surface area contributed by atoms with Crippen molar-refractivity contribution in [3.05, 3.63) is 84.4 Å². The van der Waals surface area contributed by atoms with E-state index in [1.165, 1.54) is 30.0 Å². The molecule has 0 aromatic heterocycles. The van der Waals surface area contributed by atoms with Crippen LogP contribution in [-0.4, -0.2) is 128 Å². The van der Waals surface area contributed by atoms with Crippen LogP contribution in [0.2, 0.25) is 0 Å². The van der Waals surface area contributed by atoms with Crippen molar-refractivity contribution >= 4 is 35.5 Å². The monoisotopic (exact) mass is 806 g/mol. The Morgan fingerprint density at radius 3 is 1.78 bits per heavy atom. The number of hydrogen-bond donors (Lipinski definition) is 3. The second-order valence-corrected chi connectivity index (χ2v) is 15.6. The van der Waals surface area contributed by atoms with E-state index in [0.717, 1.165) is 16.0 Å². The number of nitrogens with zero attached hydrogens (tertiary/aromatic N) is 3. The summed E-state index contributed by atoms with van der Waals surface area (Å²) in [4.78, 5) is 86.6. The molecular formula is C44H66N6O8. The van der Waals surface area contributed by atoms with Gasteiger partial charge in [0.1, 0.15) is 37.3 Å². The predicted molar refractivity (Wildman–Crippen MR) is 224 cm³/mol. The van der Waals surface area contributed by atoms with E-state index in [0.29, 0.717) is 0 Å². The summed E-state index contributed by atoms with van der Waals surface area (Å²) in [5, 5.41) is 8.71. The van der Waals surface area contributed by atoms with Gasteiger partial charge in [0, 0.05) is 27.6 Å². The van der Waals surface area contributed by atoms with E-state index in [4.69, 9.17) is 9.47 Å². The third-order valence-electron chi connectivity index (χ3n) is 9.82. The summed E-state index contributed by atoms with van der Waals surface area (Å²) < 4.78 is 11.2. The Labute approximate surface area is 345 Å². The molecule has 0 fully saturated rings. The molecule has 0 saturated carbocycles. The summed E-state index contributed by atoms with van der Waals surface area (Å²) in [5.41, 5.74) is 1.69. The Kier molecular flexibility index (Phi) is 20.8.